The molecule has 1 aromatic carbocycles. The van der Waals surface area contributed by atoms with Gasteiger partial charge in [-0.1, -0.05) is 30.0 Å². The van der Waals surface area contributed by atoms with Crippen LogP contribution in [0.5, 0.6) is 0 Å². The second-order valence-corrected chi connectivity index (χ2v) is 8.30. The van der Waals surface area contributed by atoms with Crippen LogP contribution in [0.1, 0.15) is 32.9 Å². The Kier molecular flexibility index (Phi) is 5.23. The first kappa shape index (κ1) is 20.0. The largest absolute Gasteiger partial charge is 0.345 e. The van der Waals surface area contributed by atoms with Gasteiger partial charge in [0.05, 0.1) is 27.4 Å². The fraction of sp³-hybridized carbons (Fsp3) is 0.208. The number of Topliss-reactive ketones (excluding diaryl/α,β-unsaturated/α-hetero) is 1. The van der Waals surface area contributed by atoms with E-state index in [0.29, 0.717) is 23.5 Å². The van der Waals surface area contributed by atoms with Gasteiger partial charge in [0.1, 0.15) is 6.07 Å². The number of rotatable bonds is 6. The summed E-state index contributed by atoms with van der Waals surface area (Å²) in [5.74, 6) is 0.397. The minimum atomic E-state index is 0.0861. The smallest absolute Gasteiger partial charge is 0.174 e. The van der Waals surface area contributed by atoms with Crippen molar-refractivity contribution in [3.8, 4) is 6.07 Å². The Labute approximate surface area is 179 Å². The minimum absolute atomic E-state index is 0.0861. The van der Waals surface area contributed by atoms with Gasteiger partial charge in [0.2, 0.25) is 0 Å². The third-order valence-corrected chi connectivity index (χ3v) is 6.39. The molecule has 4 aromatic rings. The Hall–Kier alpha value is -3.30. The molecular formula is C24H22N4OS. The molecule has 150 valence electrons. The molecule has 4 rings (SSSR count). The van der Waals surface area contributed by atoms with Crippen molar-refractivity contribution < 1.29 is 4.79 Å². The summed E-state index contributed by atoms with van der Waals surface area (Å²) in [6, 6.07) is 14.0. The average Bonchev–Trinajstić information content (AvgIpc) is 3.25. The van der Waals surface area contributed by atoms with Gasteiger partial charge in [0.25, 0.3) is 0 Å². The molecule has 0 unspecified atom stereocenters. The van der Waals surface area contributed by atoms with Crippen molar-refractivity contribution in [3.05, 3.63) is 77.1 Å². The lowest BCUT2D eigenvalue weighted by Crippen LogP contribution is -2.07. The number of hydrogen-bond donors (Lipinski definition) is 0. The summed E-state index contributed by atoms with van der Waals surface area (Å²) in [6.07, 6.45) is 1.84. The van der Waals surface area contributed by atoms with Crippen LogP contribution in [-0.4, -0.2) is 25.5 Å². The molecular weight excluding hydrogens is 392 g/mol. The van der Waals surface area contributed by atoms with Crippen LogP contribution in [0.15, 0.2) is 54.1 Å². The standard InChI is InChI=1S/C24H22N4OS/c1-5-10-27-16(3)12-18(17(27)4)22(29)14-30-23-11-15(2)19(13-25)24-26-20-8-6-7-9-21(20)28(23)24/h5-9,11-12H,1,10,14H2,2-4H3. The molecule has 0 amide bonds. The Balaban J connectivity index is 1.73. The normalized spacial score (nSPS) is 11.1. The number of nitriles is 1. The zero-order valence-electron chi connectivity index (χ0n) is 17.3. The van der Waals surface area contributed by atoms with Gasteiger partial charge in [-0.05, 0) is 50.6 Å². The zero-order chi connectivity index (χ0) is 21.4. The van der Waals surface area contributed by atoms with Gasteiger partial charge in [-0.15, -0.1) is 6.58 Å². The number of pyridine rings is 1. The zero-order valence-corrected chi connectivity index (χ0v) is 18.1. The number of imidazole rings is 1. The van der Waals surface area contributed by atoms with Crippen molar-refractivity contribution in [2.45, 2.75) is 32.3 Å². The van der Waals surface area contributed by atoms with E-state index in [1.807, 2.05) is 67.6 Å². The molecule has 0 aliphatic heterocycles. The van der Waals surface area contributed by atoms with Gasteiger partial charge < -0.3 is 4.57 Å². The quantitative estimate of drug-likeness (QED) is 0.246. The van der Waals surface area contributed by atoms with Gasteiger partial charge in [-0.25, -0.2) is 4.98 Å². The molecule has 30 heavy (non-hydrogen) atoms. The average molecular weight is 415 g/mol. The van der Waals surface area contributed by atoms with E-state index in [9.17, 15) is 10.1 Å². The highest BCUT2D eigenvalue weighted by Gasteiger charge is 2.19. The molecule has 0 bridgehead atoms. The second-order valence-electron chi connectivity index (χ2n) is 7.31. The lowest BCUT2D eigenvalue weighted by Gasteiger charge is -2.10. The summed E-state index contributed by atoms with van der Waals surface area (Å²) in [5.41, 5.74) is 6.60. The number of thioether (sulfide) groups is 1. The van der Waals surface area contributed by atoms with Gasteiger partial charge in [0, 0.05) is 23.5 Å². The van der Waals surface area contributed by atoms with Crippen molar-refractivity contribution in [1.29, 1.82) is 5.26 Å². The topological polar surface area (TPSA) is 63.1 Å². The number of aromatic nitrogens is 3. The number of fused-ring (bicyclic) bond motifs is 3. The molecule has 0 N–H and O–H groups in total. The highest BCUT2D eigenvalue weighted by molar-refractivity contribution is 8.00. The molecule has 0 aliphatic rings. The summed E-state index contributed by atoms with van der Waals surface area (Å²) < 4.78 is 4.08. The lowest BCUT2D eigenvalue weighted by molar-refractivity contribution is 0.102. The minimum Gasteiger partial charge on any atom is -0.345 e. The monoisotopic (exact) mass is 414 g/mol. The fourth-order valence-electron chi connectivity index (χ4n) is 3.87. The predicted molar refractivity (Wildman–Crippen MR) is 121 cm³/mol. The van der Waals surface area contributed by atoms with Crippen LogP contribution in [0.3, 0.4) is 0 Å². The van der Waals surface area contributed by atoms with Crippen molar-refractivity contribution >= 4 is 34.2 Å². The van der Waals surface area contributed by atoms with Crippen LogP contribution in [0.4, 0.5) is 0 Å². The van der Waals surface area contributed by atoms with Crippen molar-refractivity contribution in [2.75, 3.05) is 5.75 Å². The lowest BCUT2D eigenvalue weighted by atomic mass is 10.2. The molecule has 3 aromatic heterocycles. The Morgan fingerprint density at radius 2 is 2.03 bits per heavy atom. The number of aryl methyl sites for hydroxylation is 2. The first-order valence-electron chi connectivity index (χ1n) is 9.70. The molecule has 0 radical (unpaired) electrons. The van der Waals surface area contributed by atoms with E-state index in [4.69, 9.17) is 0 Å². The molecule has 0 aliphatic carbocycles. The molecule has 0 atom stereocenters. The summed E-state index contributed by atoms with van der Waals surface area (Å²) >= 11 is 1.48. The molecule has 3 heterocycles. The molecule has 0 spiro atoms. The number of para-hydroxylation sites is 2. The molecule has 0 saturated carbocycles. The highest BCUT2D eigenvalue weighted by atomic mass is 32.2. The van der Waals surface area contributed by atoms with Crippen LogP contribution in [0, 0.1) is 32.1 Å². The summed E-state index contributed by atoms with van der Waals surface area (Å²) in [6.45, 7) is 10.4. The fourth-order valence-corrected chi connectivity index (χ4v) is 4.88. The van der Waals surface area contributed by atoms with Gasteiger partial charge in [-0.2, -0.15) is 5.26 Å². The first-order chi connectivity index (χ1) is 14.5. The van der Waals surface area contributed by atoms with Crippen LogP contribution >= 0.6 is 11.8 Å². The number of carbonyl (C=O) groups excluding carboxylic acids is 1. The van der Waals surface area contributed by atoms with Crippen molar-refractivity contribution in [2.24, 2.45) is 0 Å². The number of nitrogens with zero attached hydrogens (tertiary/aromatic N) is 4. The third kappa shape index (κ3) is 3.21. The molecule has 6 heteroatoms. The SMILES string of the molecule is C=CCn1c(C)cc(C(=O)CSc2cc(C)c(C#N)c3nc4ccccc4n23)c1C. The summed E-state index contributed by atoms with van der Waals surface area (Å²) in [7, 11) is 0. The molecule has 0 fully saturated rings. The van der Waals surface area contributed by atoms with Gasteiger partial charge >= 0.3 is 0 Å². The first-order valence-corrected chi connectivity index (χ1v) is 10.7. The molecule has 0 saturated heterocycles. The number of benzene rings is 1. The van der Waals surface area contributed by atoms with Gasteiger partial charge in [0.15, 0.2) is 11.4 Å². The Morgan fingerprint density at radius 1 is 1.27 bits per heavy atom. The maximum absolute atomic E-state index is 13.0. The van der Waals surface area contributed by atoms with Crippen LogP contribution in [0.25, 0.3) is 16.7 Å². The van der Waals surface area contributed by atoms with E-state index in [1.165, 1.54) is 11.8 Å². The third-order valence-electron chi connectivity index (χ3n) is 5.39. The van der Waals surface area contributed by atoms with E-state index in [-0.39, 0.29) is 5.78 Å². The maximum atomic E-state index is 13.0. The van der Waals surface area contributed by atoms with Gasteiger partial charge in [-0.3, -0.25) is 9.20 Å². The maximum Gasteiger partial charge on any atom is 0.174 e. The van der Waals surface area contributed by atoms with E-state index < -0.39 is 0 Å². The van der Waals surface area contributed by atoms with E-state index >= 15 is 0 Å². The molecule has 5 nitrogen and oxygen atoms in total. The van der Waals surface area contributed by atoms with E-state index in [1.54, 1.807) is 0 Å². The number of allylic oxidation sites excluding steroid dienone is 1. The van der Waals surface area contributed by atoms with Crippen LogP contribution in [-0.2, 0) is 6.54 Å². The summed E-state index contributed by atoms with van der Waals surface area (Å²) in [4.78, 5) is 17.7. The highest BCUT2D eigenvalue weighted by Crippen LogP contribution is 2.30. The Morgan fingerprint density at radius 3 is 2.77 bits per heavy atom. The van der Waals surface area contributed by atoms with Crippen molar-refractivity contribution in [1.82, 2.24) is 14.0 Å². The summed E-state index contributed by atoms with van der Waals surface area (Å²) in [5, 5.41) is 10.5. The Bertz CT molecular complexity index is 1350. The van der Waals surface area contributed by atoms with E-state index in [0.717, 1.165) is 38.6 Å². The van der Waals surface area contributed by atoms with Crippen molar-refractivity contribution in [3.63, 3.8) is 0 Å². The second kappa shape index (κ2) is 7.85. The van der Waals surface area contributed by atoms with E-state index in [2.05, 4.69) is 22.2 Å². The number of carbonyl (C=O) groups is 1. The number of hydrogen-bond acceptors (Lipinski definition) is 4. The van der Waals surface area contributed by atoms with Crippen LogP contribution in [0.2, 0.25) is 0 Å². The van der Waals surface area contributed by atoms with Crippen LogP contribution < -0.4 is 0 Å². The predicted octanol–water partition coefficient (Wildman–Crippen LogP) is 5.25. The number of ketones is 1.